The van der Waals surface area contributed by atoms with Crippen LogP contribution < -0.4 is 0 Å². The van der Waals surface area contributed by atoms with Crippen LogP contribution >= 0.6 is 11.8 Å². The minimum Gasteiger partial charge on any atom is -0.303 e. The number of hydrogen-bond acceptors (Lipinski definition) is 5. The summed E-state index contributed by atoms with van der Waals surface area (Å²) in [5, 5.41) is 0. The van der Waals surface area contributed by atoms with Crippen LogP contribution in [0.15, 0.2) is 29.2 Å². The van der Waals surface area contributed by atoms with Gasteiger partial charge in [-0.3, -0.25) is 4.79 Å². The lowest BCUT2D eigenvalue weighted by molar-refractivity contribution is 0.0876. The molecule has 1 amide bonds. The second kappa shape index (κ2) is 7.23. The molecule has 1 fully saturated rings. The summed E-state index contributed by atoms with van der Waals surface area (Å²) in [4.78, 5) is 14.9. The van der Waals surface area contributed by atoms with Gasteiger partial charge in [0.1, 0.15) is 4.90 Å². The van der Waals surface area contributed by atoms with Crippen molar-refractivity contribution < 1.29 is 13.2 Å². The molecule has 0 unspecified atom stereocenters. The molecule has 2 aliphatic rings. The van der Waals surface area contributed by atoms with Gasteiger partial charge in [0.05, 0.1) is 5.56 Å². The number of thioether (sulfide) groups is 1. The fourth-order valence-corrected chi connectivity index (χ4v) is 5.67. The first-order valence-corrected chi connectivity index (χ1v) is 10.7. The number of amides is 1. The van der Waals surface area contributed by atoms with Crippen LogP contribution in [0.3, 0.4) is 0 Å². The molecule has 0 N–H and O–H groups in total. The minimum atomic E-state index is -3.64. The van der Waals surface area contributed by atoms with Gasteiger partial charge in [0, 0.05) is 24.6 Å². The highest BCUT2D eigenvalue weighted by Gasteiger charge is 2.40. The van der Waals surface area contributed by atoms with Gasteiger partial charge in [0.2, 0.25) is 0 Å². The molecule has 7 heteroatoms. The summed E-state index contributed by atoms with van der Waals surface area (Å²) >= 11 is 1.72. The topological polar surface area (TPSA) is 57.7 Å². The van der Waals surface area contributed by atoms with Gasteiger partial charge < -0.3 is 4.90 Å². The Kier molecular flexibility index (Phi) is 5.28. The van der Waals surface area contributed by atoms with Crippen LogP contribution in [0.4, 0.5) is 0 Å². The van der Waals surface area contributed by atoms with Crippen molar-refractivity contribution >= 4 is 27.7 Å². The molecule has 1 aromatic rings. The van der Waals surface area contributed by atoms with E-state index in [4.69, 9.17) is 0 Å². The zero-order chi connectivity index (χ0) is 16.3. The number of nitrogens with zero attached hydrogens (tertiary/aromatic N) is 2. The summed E-state index contributed by atoms with van der Waals surface area (Å²) in [6.45, 7) is 3.65. The molecule has 3 rings (SSSR count). The predicted molar refractivity (Wildman–Crippen MR) is 92.3 cm³/mol. The van der Waals surface area contributed by atoms with Crippen LogP contribution in [-0.2, 0) is 10.0 Å². The van der Waals surface area contributed by atoms with Crippen molar-refractivity contribution in [1.82, 2.24) is 9.21 Å². The van der Waals surface area contributed by atoms with Crippen LogP contribution in [0.1, 0.15) is 29.6 Å². The van der Waals surface area contributed by atoms with Gasteiger partial charge in [-0.1, -0.05) is 18.6 Å². The van der Waals surface area contributed by atoms with Crippen LogP contribution in [0.25, 0.3) is 0 Å². The lowest BCUT2D eigenvalue weighted by atomic mass is 10.1. The van der Waals surface area contributed by atoms with E-state index in [0.29, 0.717) is 11.3 Å². The van der Waals surface area contributed by atoms with Crippen molar-refractivity contribution in [3.8, 4) is 0 Å². The van der Waals surface area contributed by atoms with E-state index in [1.165, 1.54) is 38.4 Å². The van der Waals surface area contributed by atoms with Gasteiger partial charge in [0.15, 0.2) is 0 Å². The quantitative estimate of drug-likeness (QED) is 0.732. The maximum absolute atomic E-state index is 12.4. The number of benzene rings is 1. The summed E-state index contributed by atoms with van der Waals surface area (Å²) in [5.41, 5.74) is 0.297. The minimum absolute atomic E-state index is 0.142. The second-order valence-corrected chi connectivity index (χ2v) is 8.95. The second-order valence-electron chi connectivity index (χ2n) is 5.89. The zero-order valence-electron chi connectivity index (χ0n) is 13.1. The van der Waals surface area contributed by atoms with Gasteiger partial charge in [-0.05, 0) is 38.1 Å². The number of fused-ring (bicyclic) bond motifs is 1. The first-order chi connectivity index (χ1) is 11.1. The van der Waals surface area contributed by atoms with E-state index in [1.54, 1.807) is 30.0 Å². The van der Waals surface area contributed by atoms with Crippen molar-refractivity contribution in [3.63, 3.8) is 0 Å². The Labute approximate surface area is 142 Å². The lowest BCUT2D eigenvalue weighted by Crippen LogP contribution is -2.33. The van der Waals surface area contributed by atoms with E-state index in [2.05, 4.69) is 4.90 Å². The fourth-order valence-electron chi connectivity index (χ4n) is 3.08. The molecule has 23 heavy (non-hydrogen) atoms. The summed E-state index contributed by atoms with van der Waals surface area (Å²) in [6, 6.07) is 6.44. The molecular weight excluding hydrogens is 332 g/mol. The van der Waals surface area contributed by atoms with E-state index >= 15 is 0 Å². The molecule has 2 aliphatic heterocycles. The van der Waals surface area contributed by atoms with Gasteiger partial charge in [-0.15, -0.1) is 0 Å². The molecule has 0 radical (unpaired) electrons. The summed E-state index contributed by atoms with van der Waals surface area (Å²) in [7, 11) is -3.64. The average molecular weight is 354 g/mol. The Morgan fingerprint density at radius 2 is 1.70 bits per heavy atom. The maximum Gasteiger partial charge on any atom is 0.269 e. The first-order valence-electron chi connectivity index (χ1n) is 8.07. The zero-order valence-corrected chi connectivity index (χ0v) is 14.7. The maximum atomic E-state index is 12.4. The van der Waals surface area contributed by atoms with Crippen LogP contribution in [0.5, 0.6) is 0 Å². The SMILES string of the molecule is O=C1c2ccccc2S(=O)(=O)N1CCSCCN1CCCCC1. The predicted octanol–water partition coefficient (Wildman–Crippen LogP) is 2.05. The first kappa shape index (κ1) is 16.8. The third kappa shape index (κ3) is 3.56. The third-order valence-electron chi connectivity index (χ3n) is 4.35. The summed E-state index contributed by atoms with van der Waals surface area (Å²) in [5.74, 6) is 1.24. The number of hydrogen-bond donors (Lipinski definition) is 0. The molecule has 0 aromatic heterocycles. The fraction of sp³-hybridized carbons (Fsp3) is 0.562. The molecule has 1 saturated heterocycles. The molecule has 0 bridgehead atoms. The summed E-state index contributed by atoms with van der Waals surface area (Å²) in [6.07, 6.45) is 3.89. The molecule has 126 valence electrons. The van der Waals surface area contributed by atoms with Gasteiger partial charge in [-0.25, -0.2) is 12.7 Å². The van der Waals surface area contributed by atoms with E-state index in [1.807, 2.05) is 0 Å². The van der Waals surface area contributed by atoms with Crippen molar-refractivity contribution in [2.24, 2.45) is 0 Å². The number of carbonyl (C=O) groups excluding carboxylic acids is 1. The standard InChI is InChI=1S/C16H22N2O3S2/c19-16-14-6-2-3-7-15(14)23(20,21)18(16)11-13-22-12-10-17-8-4-1-5-9-17/h2-3,6-7H,1,4-5,8-13H2. The van der Waals surface area contributed by atoms with E-state index in [-0.39, 0.29) is 11.4 Å². The summed E-state index contributed by atoms with van der Waals surface area (Å²) < 4.78 is 25.8. The molecule has 0 aliphatic carbocycles. The molecule has 0 spiro atoms. The number of sulfonamides is 1. The van der Waals surface area contributed by atoms with Gasteiger partial charge >= 0.3 is 0 Å². The smallest absolute Gasteiger partial charge is 0.269 e. The Hall–Kier alpha value is -1.05. The van der Waals surface area contributed by atoms with Crippen molar-refractivity contribution in [3.05, 3.63) is 29.8 Å². The number of piperidine rings is 1. The van der Waals surface area contributed by atoms with Crippen LogP contribution in [0.2, 0.25) is 0 Å². The Bertz CT molecular complexity index is 670. The van der Waals surface area contributed by atoms with Crippen LogP contribution in [0, 0.1) is 0 Å². The van der Waals surface area contributed by atoms with E-state index < -0.39 is 15.9 Å². The Balaban J connectivity index is 1.48. The molecule has 0 saturated carbocycles. The normalized spacial score (nSPS) is 20.7. The highest BCUT2D eigenvalue weighted by atomic mass is 32.2. The third-order valence-corrected chi connectivity index (χ3v) is 7.13. The Morgan fingerprint density at radius 1 is 1.00 bits per heavy atom. The molecule has 2 heterocycles. The average Bonchev–Trinajstić information content (AvgIpc) is 2.76. The molecule has 1 aromatic carbocycles. The van der Waals surface area contributed by atoms with E-state index in [9.17, 15) is 13.2 Å². The van der Waals surface area contributed by atoms with Crippen molar-refractivity contribution in [2.75, 3.05) is 37.7 Å². The number of carbonyl (C=O) groups is 1. The van der Waals surface area contributed by atoms with Gasteiger partial charge in [0.25, 0.3) is 15.9 Å². The number of likely N-dealkylation sites (tertiary alicyclic amines) is 1. The largest absolute Gasteiger partial charge is 0.303 e. The highest BCUT2D eigenvalue weighted by molar-refractivity contribution is 7.99. The lowest BCUT2D eigenvalue weighted by Gasteiger charge is -2.26. The van der Waals surface area contributed by atoms with Crippen molar-refractivity contribution in [1.29, 1.82) is 0 Å². The monoisotopic (exact) mass is 354 g/mol. The molecule has 0 atom stereocenters. The Morgan fingerprint density at radius 3 is 2.43 bits per heavy atom. The van der Waals surface area contributed by atoms with Gasteiger partial charge in [-0.2, -0.15) is 11.8 Å². The van der Waals surface area contributed by atoms with Crippen LogP contribution in [-0.4, -0.2) is 61.2 Å². The highest BCUT2D eigenvalue weighted by Crippen LogP contribution is 2.29. The van der Waals surface area contributed by atoms with Crippen molar-refractivity contribution in [2.45, 2.75) is 24.2 Å². The number of rotatable bonds is 6. The van der Waals surface area contributed by atoms with E-state index in [0.717, 1.165) is 16.6 Å². The molecule has 5 nitrogen and oxygen atoms in total. The molecular formula is C16H22N2O3S2.